The fourth-order valence-electron chi connectivity index (χ4n) is 3.53. The largest absolute Gasteiger partial charge is 0.338 e. The molecule has 0 amide bonds. The van der Waals surface area contributed by atoms with Crippen LogP contribution >= 0.6 is 0 Å². The third kappa shape index (κ3) is 3.23. The van der Waals surface area contributed by atoms with Crippen molar-refractivity contribution in [2.45, 2.75) is 51.1 Å². The average Bonchev–Trinajstić information content (AvgIpc) is 3.20. The van der Waals surface area contributed by atoms with E-state index in [1.165, 1.54) is 44.6 Å². The molecule has 1 aromatic heterocycles. The zero-order valence-corrected chi connectivity index (χ0v) is 12.9. The predicted octanol–water partition coefficient (Wildman–Crippen LogP) is 1.82. The second-order valence-corrected chi connectivity index (χ2v) is 6.50. The lowest BCUT2D eigenvalue weighted by molar-refractivity contribution is 0.112. The van der Waals surface area contributed by atoms with Crippen LogP contribution in [0.2, 0.25) is 0 Å². The molecule has 1 aliphatic carbocycles. The number of nitrogens with zero attached hydrogens (tertiary/aromatic N) is 3. The molecule has 1 aliphatic heterocycles. The number of rotatable bonds is 6. The van der Waals surface area contributed by atoms with Crippen LogP contribution in [0, 0.1) is 5.92 Å². The molecular formula is C16H28N4. The third-order valence-electron chi connectivity index (χ3n) is 4.89. The van der Waals surface area contributed by atoms with Gasteiger partial charge in [0, 0.05) is 57.6 Å². The smallest absolute Gasteiger partial charge is 0.109 e. The standard InChI is InChI=1S/C16H28N4/c1-3-4-14-12-20(15(11-18-14)13-5-6-13)9-7-16-17-8-10-19(16)2/h8,10,13-15,18H,3-7,9,11-12H2,1-2H3. The van der Waals surface area contributed by atoms with E-state index in [-0.39, 0.29) is 0 Å². The van der Waals surface area contributed by atoms with Gasteiger partial charge in [0.2, 0.25) is 0 Å². The summed E-state index contributed by atoms with van der Waals surface area (Å²) in [6.07, 6.45) is 10.5. The quantitative estimate of drug-likeness (QED) is 0.860. The first kappa shape index (κ1) is 14.1. The minimum Gasteiger partial charge on any atom is -0.338 e. The molecule has 4 nitrogen and oxygen atoms in total. The normalized spacial score (nSPS) is 27.9. The second kappa shape index (κ2) is 6.27. The number of hydrogen-bond acceptors (Lipinski definition) is 3. The summed E-state index contributed by atoms with van der Waals surface area (Å²) >= 11 is 0. The summed E-state index contributed by atoms with van der Waals surface area (Å²) in [5.74, 6) is 2.16. The molecule has 2 unspecified atom stereocenters. The molecule has 0 spiro atoms. The molecule has 1 N–H and O–H groups in total. The van der Waals surface area contributed by atoms with Crippen LogP contribution in [0.1, 0.15) is 38.4 Å². The zero-order chi connectivity index (χ0) is 13.9. The first-order valence-electron chi connectivity index (χ1n) is 8.21. The van der Waals surface area contributed by atoms with Gasteiger partial charge in [0.25, 0.3) is 0 Å². The molecule has 1 aromatic rings. The summed E-state index contributed by atoms with van der Waals surface area (Å²) in [5.41, 5.74) is 0. The SMILES string of the molecule is CCCC1CN(CCc2nccn2C)C(C2CC2)CN1. The van der Waals surface area contributed by atoms with Crippen molar-refractivity contribution in [3.05, 3.63) is 18.2 Å². The van der Waals surface area contributed by atoms with Crippen LogP contribution < -0.4 is 5.32 Å². The molecule has 0 aromatic carbocycles. The van der Waals surface area contributed by atoms with Crippen molar-refractivity contribution in [2.75, 3.05) is 19.6 Å². The van der Waals surface area contributed by atoms with Gasteiger partial charge in [-0.05, 0) is 25.2 Å². The summed E-state index contributed by atoms with van der Waals surface area (Å²) in [7, 11) is 2.10. The van der Waals surface area contributed by atoms with Gasteiger partial charge in [0.1, 0.15) is 5.82 Å². The molecule has 2 aliphatic rings. The molecule has 4 heteroatoms. The van der Waals surface area contributed by atoms with Gasteiger partial charge in [-0.25, -0.2) is 4.98 Å². The first-order valence-corrected chi connectivity index (χ1v) is 8.21. The third-order valence-corrected chi connectivity index (χ3v) is 4.89. The van der Waals surface area contributed by atoms with Crippen molar-refractivity contribution in [1.29, 1.82) is 0 Å². The number of imidazole rings is 1. The van der Waals surface area contributed by atoms with E-state index < -0.39 is 0 Å². The summed E-state index contributed by atoms with van der Waals surface area (Å²) < 4.78 is 2.15. The zero-order valence-electron chi connectivity index (χ0n) is 12.9. The Bertz CT molecular complexity index is 424. The number of aryl methyl sites for hydroxylation is 1. The van der Waals surface area contributed by atoms with E-state index in [4.69, 9.17) is 0 Å². The van der Waals surface area contributed by atoms with Crippen molar-refractivity contribution in [2.24, 2.45) is 13.0 Å². The maximum atomic E-state index is 4.46. The fourth-order valence-corrected chi connectivity index (χ4v) is 3.53. The molecule has 0 radical (unpaired) electrons. The molecule has 0 bridgehead atoms. The maximum absolute atomic E-state index is 4.46. The van der Waals surface area contributed by atoms with E-state index in [9.17, 15) is 0 Å². The summed E-state index contributed by atoms with van der Waals surface area (Å²) in [6.45, 7) is 5.86. The Labute approximate surface area is 122 Å². The Balaban J connectivity index is 1.59. The van der Waals surface area contributed by atoms with Crippen LogP contribution in [-0.4, -0.2) is 46.2 Å². The van der Waals surface area contributed by atoms with E-state index in [0.717, 1.165) is 24.9 Å². The monoisotopic (exact) mass is 276 g/mol. The van der Waals surface area contributed by atoms with Crippen LogP contribution in [0.5, 0.6) is 0 Å². The molecule has 2 heterocycles. The minimum atomic E-state index is 0.691. The molecule has 3 rings (SSSR count). The van der Waals surface area contributed by atoms with Crippen molar-refractivity contribution < 1.29 is 0 Å². The molecule has 20 heavy (non-hydrogen) atoms. The van der Waals surface area contributed by atoms with Crippen LogP contribution in [0.15, 0.2) is 12.4 Å². The van der Waals surface area contributed by atoms with Crippen LogP contribution in [0.3, 0.4) is 0 Å². The molecule has 112 valence electrons. The number of piperazine rings is 1. The van der Waals surface area contributed by atoms with Crippen molar-refractivity contribution in [3.63, 3.8) is 0 Å². The Morgan fingerprint density at radius 3 is 2.90 bits per heavy atom. The number of hydrogen-bond donors (Lipinski definition) is 1. The molecular weight excluding hydrogens is 248 g/mol. The summed E-state index contributed by atoms with van der Waals surface area (Å²) in [6, 6.07) is 1.46. The highest BCUT2D eigenvalue weighted by molar-refractivity contribution is 4.97. The van der Waals surface area contributed by atoms with Gasteiger partial charge >= 0.3 is 0 Å². The van der Waals surface area contributed by atoms with Crippen molar-refractivity contribution in [1.82, 2.24) is 19.8 Å². The Hall–Kier alpha value is -0.870. The van der Waals surface area contributed by atoms with Gasteiger partial charge in [-0.3, -0.25) is 4.90 Å². The van der Waals surface area contributed by atoms with Gasteiger partial charge in [-0.15, -0.1) is 0 Å². The predicted molar refractivity (Wildman–Crippen MR) is 81.7 cm³/mol. The number of aromatic nitrogens is 2. The molecule has 2 atom stereocenters. The van der Waals surface area contributed by atoms with E-state index in [2.05, 4.69) is 33.7 Å². The molecule has 1 saturated carbocycles. The lowest BCUT2D eigenvalue weighted by Crippen LogP contribution is -2.57. The highest BCUT2D eigenvalue weighted by atomic mass is 15.2. The van der Waals surface area contributed by atoms with Crippen LogP contribution in [-0.2, 0) is 13.5 Å². The lowest BCUT2D eigenvalue weighted by Gasteiger charge is -2.41. The minimum absolute atomic E-state index is 0.691. The molecule has 1 saturated heterocycles. The Morgan fingerprint density at radius 2 is 2.25 bits per heavy atom. The summed E-state index contributed by atoms with van der Waals surface area (Å²) in [4.78, 5) is 7.20. The topological polar surface area (TPSA) is 33.1 Å². The van der Waals surface area contributed by atoms with Crippen molar-refractivity contribution >= 4 is 0 Å². The van der Waals surface area contributed by atoms with Crippen LogP contribution in [0.25, 0.3) is 0 Å². The van der Waals surface area contributed by atoms with Gasteiger partial charge in [0.05, 0.1) is 0 Å². The average molecular weight is 276 g/mol. The van der Waals surface area contributed by atoms with Gasteiger partial charge in [-0.2, -0.15) is 0 Å². The lowest BCUT2D eigenvalue weighted by atomic mass is 10.0. The Kier molecular flexibility index (Phi) is 4.41. The highest BCUT2D eigenvalue weighted by Crippen LogP contribution is 2.36. The van der Waals surface area contributed by atoms with E-state index in [1.807, 2.05) is 12.4 Å². The fraction of sp³-hybridized carbons (Fsp3) is 0.812. The first-order chi connectivity index (χ1) is 9.78. The maximum Gasteiger partial charge on any atom is 0.109 e. The number of nitrogens with one attached hydrogen (secondary N) is 1. The van der Waals surface area contributed by atoms with Gasteiger partial charge < -0.3 is 9.88 Å². The van der Waals surface area contributed by atoms with Gasteiger partial charge in [-0.1, -0.05) is 13.3 Å². The summed E-state index contributed by atoms with van der Waals surface area (Å²) in [5, 5.41) is 3.76. The van der Waals surface area contributed by atoms with E-state index in [0.29, 0.717) is 6.04 Å². The van der Waals surface area contributed by atoms with E-state index >= 15 is 0 Å². The van der Waals surface area contributed by atoms with E-state index in [1.54, 1.807) is 0 Å². The Morgan fingerprint density at radius 1 is 1.40 bits per heavy atom. The van der Waals surface area contributed by atoms with Crippen molar-refractivity contribution in [3.8, 4) is 0 Å². The molecule has 2 fully saturated rings. The van der Waals surface area contributed by atoms with Gasteiger partial charge in [0.15, 0.2) is 0 Å². The highest BCUT2D eigenvalue weighted by Gasteiger charge is 2.38. The second-order valence-electron chi connectivity index (χ2n) is 6.50. The van der Waals surface area contributed by atoms with Crippen LogP contribution in [0.4, 0.5) is 0 Å².